The summed E-state index contributed by atoms with van der Waals surface area (Å²) in [5.41, 5.74) is 0.699. The molecule has 4 nitrogen and oxygen atoms in total. The van der Waals surface area contributed by atoms with Gasteiger partial charge in [0.15, 0.2) is 9.84 Å². The van der Waals surface area contributed by atoms with Crippen molar-refractivity contribution >= 4 is 15.8 Å². The normalized spacial score (nSPS) is 17.8. The maximum absolute atomic E-state index is 11.8. The van der Waals surface area contributed by atoms with Crippen molar-refractivity contribution in [3.05, 3.63) is 29.8 Å². The minimum Gasteiger partial charge on any atom is -0.481 e. The highest BCUT2D eigenvalue weighted by Crippen LogP contribution is 2.34. The van der Waals surface area contributed by atoms with Gasteiger partial charge >= 0.3 is 5.97 Å². The van der Waals surface area contributed by atoms with Crippen molar-refractivity contribution in [1.82, 2.24) is 0 Å². The first-order chi connectivity index (χ1) is 9.94. The van der Waals surface area contributed by atoms with Crippen molar-refractivity contribution in [3.63, 3.8) is 0 Å². The van der Waals surface area contributed by atoms with Gasteiger partial charge in [-0.2, -0.15) is 0 Å². The summed E-state index contributed by atoms with van der Waals surface area (Å²) in [6.45, 7) is 1.60. The molecule has 0 amide bonds. The van der Waals surface area contributed by atoms with E-state index in [1.54, 1.807) is 19.1 Å². The van der Waals surface area contributed by atoms with Crippen molar-refractivity contribution in [2.45, 2.75) is 49.8 Å². The van der Waals surface area contributed by atoms with Gasteiger partial charge in [-0.1, -0.05) is 44.7 Å². The third kappa shape index (κ3) is 3.84. The first kappa shape index (κ1) is 16.0. The molecule has 0 aromatic heterocycles. The number of benzene rings is 1. The highest BCUT2D eigenvalue weighted by molar-refractivity contribution is 7.91. The Balaban J connectivity index is 2.19. The van der Waals surface area contributed by atoms with Crippen LogP contribution in [-0.2, 0) is 14.6 Å². The summed E-state index contributed by atoms with van der Waals surface area (Å²) >= 11 is 0. The average Bonchev–Trinajstić information content (AvgIpc) is 2.97. The van der Waals surface area contributed by atoms with Gasteiger partial charge in [0, 0.05) is 0 Å². The van der Waals surface area contributed by atoms with Crippen molar-refractivity contribution in [3.8, 4) is 0 Å². The number of hydrogen-bond donors (Lipinski definition) is 1. The average molecular weight is 310 g/mol. The van der Waals surface area contributed by atoms with E-state index in [9.17, 15) is 18.3 Å². The number of carboxylic acid groups (broad SMARTS) is 1. The van der Waals surface area contributed by atoms with Crippen LogP contribution >= 0.6 is 0 Å². The van der Waals surface area contributed by atoms with Crippen molar-refractivity contribution in [2.75, 3.05) is 5.75 Å². The van der Waals surface area contributed by atoms with E-state index in [1.807, 2.05) is 0 Å². The Bertz CT molecular complexity index is 583. The lowest BCUT2D eigenvalue weighted by Crippen LogP contribution is -2.15. The third-order valence-electron chi connectivity index (χ3n) is 4.36. The Kier molecular flexibility index (Phi) is 5.04. The van der Waals surface area contributed by atoms with Crippen molar-refractivity contribution in [2.24, 2.45) is 5.92 Å². The maximum atomic E-state index is 11.8. The van der Waals surface area contributed by atoms with E-state index in [-0.39, 0.29) is 10.6 Å². The van der Waals surface area contributed by atoms with Crippen LogP contribution in [0.4, 0.5) is 0 Å². The summed E-state index contributed by atoms with van der Waals surface area (Å²) in [5, 5.41) is 9.44. The Morgan fingerprint density at radius 3 is 2.29 bits per heavy atom. The molecular weight excluding hydrogens is 288 g/mol. The fraction of sp³-hybridized carbons (Fsp3) is 0.562. The summed E-state index contributed by atoms with van der Waals surface area (Å²) in [6.07, 6.45) is 5.22. The minimum absolute atomic E-state index is 0.0524. The van der Waals surface area contributed by atoms with Gasteiger partial charge in [0.25, 0.3) is 0 Å². The predicted octanol–water partition coefficient (Wildman–Crippen LogP) is 3.23. The van der Waals surface area contributed by atoms with Crippen LogP contribution in [0.3, 0.4) is 0 Å². The van der Waals surface area contributed by atoms with Gasteiger partial charge < -0.3 is 5.11 Å². The molecule has 1 aromatic rings. The highest BCUT2D eigenvalue weighted by Gasteiger charge is 2.26. The van der Waals surface area contributed by atoms with Crippen LogP contribution in [0.5, 0.6) is 0 Å². The zero-order chi connectivity index (χ0) is 15.5. The van der Waals surface area contributed by atoms with Gasteiger partial charge in [-0.3, -0.25) is 4.79 Å². The monoisotopic (exact) mass is 310 g/mol. The summed E-state index contributed by atoms with van der Waals surface area (Å²) in [4.78, 5) is 11.8. The summed E-state index contributed by atoms with van der Waals surface area (Å²) in [5.74, 6) is -0.832. The largest absolute Gasteiger partial charge is 0.481 e. The molecular formula is C16H22O4S. The summed E-state index contributed by atoms with van der Waals surface area (Å²) in [6, 6.07) is 6.35. The van der Waals surface area contributed by atoms with Crippen LogP contribution in [0.15, 0.2) is 29.2 Å². The van der Waals surface area contributed by atoms with Crippen LogP contribution < -0.4 is 0 Å². The maximum Gasteiger partial charge on any atom is 0.310 e. The number of aliphatic carboxylic acids is 1. The number of carboxylic acids is 1. The highest BCUT2D eigenvalue weighted by atomic mass is 32.2. The molecule has 21 heavy (non-hydrogen) atoms. The van der Waals surface area contributed by atoms with Gasteiger partial charge in [0.2, 0.25) is 0 Å². The Morgan fingerprint density at radius 1 is 1.24 bits per heavy atom. The van der Waals surface area contributed by atoms with Crippen LogP contribution in [0.2, 0.25) is 0 Å². The van der Waals surface area contributed by atoms with E-state index in [0.29, 0.717) is 17.9 Å². The molecule has 0 spiro atoms. The molecule has 0 unspecified atom stereocenters. The topological polar surface area (TPSA) is 71.4 Å². The lowest BCUT2D eigenvalue weighted by Gasteiger charge is -2.17. The predicted molar refractivity (Wildman–Crippen MR) is 81.1 cm³/mol. The fourth-order valence-corrected chi connectivity index (χ4v) is 3.92. The lowest BCUT2D eigenvalue weighted by atomic mass is 9.88. The Morgan fingerprint density at radius 2 is 1.81 bits per heavy atom. The van der Waals surface area contributed by atoms with Crippen molar-refractivity contribution in [1.29, 1.82) is 0 Å². The van der Waals surface area contributed by atoms with Gasteiger partial charge in [0.05, 0.1) is 16.6 Å². The summed E-state index contributed by atoms with van der Waals surface area (Å²) < 4.78 is 23.6. The standard InChI is InChI=1S/C16H22O4S/c1-2-21(19,20)14-9-7-13(8-10-14)15(16(17)18)11-12-5-3-4-6-12/h7-10,12,15H,2-6,11H2,1H3,(H,17,18)/t15-/m0/s1. The second-order valence-corrected chi connectivity index (χ2v) is 8.03. The van der Waals surface area contributed by atoms with E-state index in [4.69, 9.17) is 0 Å². The smallest absolute Gasteiger partial charge is 0.310 e. The van der Waals surface area contributed by atoms with E-state index < -0.39 is 21.7 Å². The molecule has 1 N–H and O–H groups in total. The van der Waals surface area contributed by atoms with Crippen LogP contribution in [0, 0.1) is 5.92 Å². The molecule has 1 aliphatic rings. The van der Waals surface area contributed by atoms with Crippen LogP contribution in [-0.4, -0.2) is 25.2 Å². The third-order valence-corrected chi connectivity index (χ3v) is 6.11. The molecule has 2 rings (SSSR count). The van der Waals surface area contributed by atoms with Gasteiger partial charge in [-0.15, -0.1) is 0 Å². The number of carbonyl (C=O) groups is 1. The molecule has 0 saturated heterocycles. The molecule has 1 atom stereocenters. The van der Waals surface area contributed by atoms with Crippen molar-refractivity contribution < 1.29 is 18.3 Å². The molecule has 0 bridgehead atoms. The SMILES string of the molecule is CCS(=O)(=O)c1ccc([C@H](CC2CCCC2)C(=O)O)cc1. The number of rotatable bonds is 6. The Labute approximate surface area is 126 Å². The number of hydrogen-bond acceptors (Lipinski definition) is 3. The quantitative estimate of drug-likeness (QED) is 0.875. The zero-order valence-electron chi connectivity index (χ0n) is 12.3. The minimum atomic E-state index is -3.23. The first-order valence-corrected chi connectivity index (χ1v) is 9.14. The molecule has 1 aliphatic carbocycles. The summed E-state index contributed by atoms with van der Waals surface area (Å²) in [7, 11) is -3.23. The first-order valence-electron chi connectivity index (χ1n) is 7.49. The molecule has 0 heterocycles. The van der Waals surface area contributed by atoms with E-state index in [2.05, 4.69) is 0 Å². The molecule has 1 saturated carbocycles. The molecule has 5 heteroatoms. The lowest BCUT2D eigenvalue weighted by molar-refractivity contribution is -0.139. The Hall–Kier alpha value is -1.36. The molecule has 116 valence electrons. The molecule has 0 radical (unpaired) electrons. The van der Waals surface area contributed by atoms with Crippen LogP contribution in [0.1, 0.15) is 50.5 Å². The van der Waals surface area contributed by atoms with E-state index in [1.165, 1.54) is 25.0 Å². The van der Waals surface area contributed by atoms with E-state index in [0.717, 1.165) is 12.8 Å². The van der Waals surface area contributed by atoms with E-state index >= 15 is 0 Å². The van der Waals surface area contributed by atoms with Gasteiger partial charge in [-0.05, 0) is 30.0 Å². The second kappa shape index (κ2) is 6.60. The molecule has 1 fully saturated rings. The van der Waals surface area contributed by atoms with Gasteiger partial charge in [0.1, 0.15) is 0 Å². The van der Waals surface area contributed by atoms with Gasteiger partial charge in [-0.25, -0.2) is 8.42 Å². The molecule has 0 aliphatic heterocycles. The fourth-order valence-electron chi connectivity index (χ4n) is 3.03. The number of sulfone groups is 1. The van der Waals surface area contributed by atoms with Crippen LogP contribution in [0.25, 0.3) is 0 Å². The molecule has 1 aromatic carbocycles. The zero-order valence-corrected chi connectivity index (χ0v) is 13.1. The second-order valence-electron chi connectivity index (χ2n) is 5.75.